The number of carbonyl (C=O) groups is 1. The van der Waals surface area contributed by atoms with E-state index in [1.54, 1.807) is 13.8 Å². The van der Waals surface area contributed by atoms with Crippen LogP contribution < -0.4 is 5.73 Å². The van der Waals surface area contributed by atoms with Gasteiger partial charge in [-0.25, -0.2) is 8.78 Å². The van der Waals surface area contributed by atoms with Gasteiger partial charge in [-0.1, -0.05) is 13.0 Å². The largest absolute Gasteiger partial charge is 0.339 e. The fourth-order valence-corrected chi connectivity index (χ4v) is 1.74. The highest BCUT2D eigenvalue weighted by atomic mass is 35.5. The Morgan fingerprint density at radius 3 is 2.21 bits per heavy atom. The Morgan fingerprint density at radius 2 is 1.79 bits per heavy atom. The Labute approximate surface area is 118 Å². The molecular formula is C13H19ClF2N2O. The molecular weight excluding hydrogens is 274 g/mol. The normalized spacial score (nSPS) is 13.4. The van der Waals surface area contributed by atoms with Gasteiger partial charge in [0.1, 0.15) is 11.6 Å². The van der Waals surface area contributed by atoms with Gasteiger partial charge in [0.05, 0.1) is 6.04 Å². The van der Waals surface area contributed by atoms with Gasteiger partial charge in [-0.15, -0.1) is 12.4 Å². The van der Waals surface area contributed by atoms with E-state index in [0.29, 0.717) is 0 Å². The number of halogens is 3. The van der Waals surface area contributed by atoms with Crippen LogP contribution >= 0.6 is 12.4 Å². The number of rotatable bonds is 4. The van der Waals surface area contributed by atoms with Crippen LogP contribution in [0.4, 0.5) is 8.78 Å². The summed E-state index contributed by atoms with van der Waals surface area (Å²) < 4.78 is 27.2. The zero-order valence-electron chi connectivity index (χ0n) is 11.2. The van der Waals surface area contributed by atoms with Gasteiger partial charge in [0.15, 0.2) is 0 Å². The molecule has 2 atom stereocenters. The van der Waals surface area contributed by atoms with Gasteiger partial charge >= 0.3 is 0 Å². The topological polar surface area (TPSA) is 46.3 Å². The smallest absolute Gasteiger partial charge is 0.226 e. The third-order valence-electron chi connectivity index (χ3n) is 3.12. The number of hydrogen-bond donors (Lipinski definition) is 1. The Kier molecular flexibility index (Phi) is 6.94. The maximum atomic E-state index is 13.6. The maximum absolute atomic E-state index is 13.6. The van der Waals surface area contributed by atoms with Crippen LogP contribution in [0.15, 0.2) is 18.2 Å². The number of amides is 1. The van der Waals surface area contributed by atoms with E-state index in [-0.39, 0.29) is 36.3 Å². The molecule has 0 aliphatic rings. The molecule has 6 heteroatoms. The molecule has 1 aromatic rings. The van der Waals surface area contributed by atoms with Gasteiger partial charge in [0, 0.05) is 25.1 Å². The molecule has 0 bridgehead atoms. The lowest BCUT2D eigenvalue weighted by Gasteiger charge is -2.28. The van der Waals surface area contributed by atoms with E-state index in [1.165, 1.54) is 30.1 Å². The minimum absolute atomic E-state index is 0. The number of hydrogen-bond acceptors (Lipinski definition) is 2. The Balaban J connectivity index is 0.00000324. The summed E-state index contributed by atoms with van der Waals surface area (Å²) in [6, 6.07) is 2.98. The first-order chi connectivity index (χ1) is 8.40. The Hall–Kier alpha value is -1.20. The maximum Gasteiger partial charge on any atom is 0.226 e. The minimum atomic E-state index is -0.673. The summed E-state index contributed by atoms with van der Waals surface area (Å²) in [6.45, 7) is 3.47. The lowest BCUT2D eigenvalue weighted by Crippen LogP contribution is -2.37. The molecule has 3 nitrogen and oxygen atoms in total. The molecule has 1 rings (SSSR count). The van der Waals surface area contributed by atoms with Crippen molar-refractivity contribution in [2.24, 2.45) is 11.7 Å². The fourth-order valence-electron chi connectivity index (χ4n) is 1.74. The van der Waals surface area contributed by atoms with E-state index >= 15 is 0 Å². The van der Waals surface area contributed by atoms with E-state index in [2.05, 4.69) is 0 Å². The summed E-state index contributed by atoms with van der Waals surface area (Å²) in [6.07, 6.45) is 0. The number of carbonyl (C=O) groups excluding carboxylic acids is 1. The second kappa shape index (κ2) is 7.40. The number of nitrogens with zero attached hydrogens (tertiary/aromatic N) is 1. The van der Waals surface area contributed by atoms with Crippen LogP contribution in [0.1, 0.15) is 25.5 Å². The van der Waals surface area contributed by atoms with Crippen LogP contribution in [0.2, 0.25) is 0 Å². The molecule has 0 aliphatic heterocycles. The van der Waals surface area contributed by atoms with E-state index in [4.69, 9.17) is 5.73 Å². The summed E-state index contributed by atoms with van der Waals surface area (Å²) >= 11 is 0. The summed E-state index contributed by atoms with van der Waals surface area (Å²) in [4.78, 5) is 13.2. The van der Waals surface area contributed by atoms with Crippen molar-refractivity contribution in [1.82, 2.24) is 4.90 Å². The standard InChI is InChI=1S/C13H18F2N2O.ClH/c1-8(7-16)13(18)17(3)9(2)12-10(14)5-4-6-11(12)15;/h4-6,8-9H,7,16H2,1-3H3;1H. The summed E-state index contributed by atoms with van der Waals surface area (Å²) in [7, 11) is 1.52. The monoisotopic (exact) mass is 292 g/mol. The quantitative estimate of drug-likeness (QED) is 0.927. The Bertz CT molecular complexity index is 422. The average molecular weight is 293 g/mol. The Morgan fingerprint density at radius 1 is 1.32 bits per heavy atom. The van der Waals surface area contributed by atoms with Crippen LogP contribution in [0.3, 0.4) is 0 Å². The van der Waals surface area contributed by atoms with E-state index in [0.717, 1.165) is 0 Å². The molecule has 108 valence electrons. The van der Waals surface area contributed by atoms with Crippen molar-refractivity contribution in [3.05, 3.63) is 35.4 Å². The average Bonchev–Trinajstić information content (AvgIpc) is 2.35. The zero-order chi connectivity index (χ0) is 13.9. The molecule has 0 saturated heterocycles. The van der Waals surface area contributed by atoms with Gasteiger partial charge < -0.3 is 10.6 Å². The van der Waals surface area contributed by atoms with E-state index < -0.39 is 17.7 Å². The fraction of sp³-hybridized carbons (Fsp3) is 0.462. The molecule has 19 heavy (non-hydrogen) atoms. The van der Waals surface area contributed by atoms with Gasteiger partial charge in [-0.2, -0.15) is 0 Å². The lowest BCUT2D eigenvalue weighted by molar-refractivity contribution is -0.135. The minimum Gasteiger partial charge on any atom is -0.339 e. The van der Waals surface area contributed by atoms with Crippen LogP contribution in [0, 0.1) is 17.6 Å². The summed E-state index contributed by atoms with van der Waals surface area (Å²) in [5.41, 5.74) is 5.31. The van der Waals surface area contributed by atoms with Crippen LogP contribution in [0.25, 0.3) is 0 Å². The van der Waals surface area contributed by atoms with Crippen molar-refractivity contribution in [3.8, 4) is 0 Å². The lowest BCUT2D eigenvalue weighted by atomic mass is 10.0. The van der Waals surface area contributed by atoms with Crippen LogP contribution in [0.5, 0.6) is 0 Å². The second-order valence-corrected chi connectivity index (χ2v) is 4.40. The molecule has 0 radical (unpaired) electrons. The van der Waals surface area contributed by atoms with Crippen LogP contribution in [-0.4, -0.2) is 24.4 Å². The third kappa shape index (κ3) is 3.88. The van der Waals surface area contributed by atoms with Crippen LogP contribution in [-0.2, 0) is 4.79 Å². The number of benzene rings is 1. The molecule has 2 N–H and O–H groups in total. The van der Waals surface area contributed by atoms with Crippen molar-refractivity contribution < 1.29 is 13.6 Å². The van der Waals surface area contributed by atoms with Gasteiger partial charge in [0.25, 0.3) is 0 Å². The first-order valence-corrected chi connectivity index (χ1v) is 5.80. The molecule has 0 saturated carbocycles. The van der Waals surface area contributed by atoms with Crippen molar-refractivity contribution in [2.45, 2.75) is 19.9 Å². The van der Waals surface area contributed by atoms with Crippen molar-refractivity contribution >= 4 is 18.3 Å². The molecule has 0 fully saturated rings. The molecule has 1 amide bonds. The zero-order valence-corrected chi connectivity index (χ0v) is 12.0. The van der Waals surface area contributed by atoms with Crippen molar-refractivity contribution in [1.29, 1.82) is 0 Å². The molecule has 0 aliphatic carbocycles. The van der Waals surface area contributed by atoms with E-state index in [9.17, 15) is 13.6 Å². The molecule has 1 aromatic carbocycles. The molecule has 0 spiro atoms. The van der Waals surface area contributed by atoms with Crippen molar-refractivity contribution in [2.75, 3.05) is 13.6 Å². The predicted octanol–water partition coefficient (Wildman–Crippen LogP) is 2.50. The predicted molar refractivity (Wildman–Crippen MR) is 73.0 cm³/mol. The van der Waals surface area contributed by atoms with E-state index in [1.807, 2.05) is 0 Å². The number of nitrogens with two attached hydrogens (primary N) is 1. The van der Waals surface area contributed by atoms with Crippen molar-refractivity contribution in [3.63, 3.8) is 0 Å². The first-order valence-electron chi connectivity index (χ1n) is 5.80. The highest BCUT2D eigenvalue weighted by molar-refractivity contribution is 5.85. The van der Waals surface area contributed by atoms with Gasteiger partial charge in [0.2, 0.25) is 5.91 Å². The highest BCUT2D eigenvalue weighted by Crippen LogP contribution is 2.25. The molecule has 0 heterocycles. The highest BCUT2D eigenvalue weighted by Gasteiger charge is 2.25. The SMILES string of the molecule is CC(CN)C(=O)N(C)C(C)c1c(F)cccc1F.Cl. The van der Waals surface area contributed by atoms with Gasteiger partial charge in [-0.3, -0.25) is 4.79 Å². The van der Waals surface area contributed by atoms with Gasteiger partial charge in [-0.05, 0) is 19.1 Å². The summed E-state index contributed by atoms with van der Waals surface area (Å²) in [5, 5.41) is 0. The first kappa shape index (κ1) is 17.8. The molecule has 0 aromatic heterocycles. The third-order valence-corrected chi connectivity index (χ3v) is 3.12. The molecule has 2 unspecified atom stereocenters. The summed E-state index contributed by atoms with van der Waals surface area (Å²) in [5.74, 6) is -1.90. The second-order valence-electron chi connectivity index (χ2n) is 4.40.